The summed E-state index contributed by atoms with van der Waals surface area (Å²) in [5, 5.41) is 16.8. The average Bonchev–Trinajstić information content (AvgIpc) is 2.58. The molecule has 0 radical (unpaired) electrons. The number of nitrogens with zero attached hydrogens (tertiary/aromatic N) is 1. The monoisotopic (exact) mass is 351 g/mol. The number of carbonyl (C=O) groups is 3. The number of methoxy groups -OCH3 is 1. The Labute approximate surface area is 145 Å². The van der Waals surface area contributed by atoms with Crippen LogP contribution in [0.3, 0.4) is 0 Å². The molecule has 0 bridgehead atoms. The summed E-state index contributed by atoms with van der Waals surface area (Å²) in [6.07, 6.45) is -0.901. The summed E-state index contributed by atoms with van der Waals surface area (Å²) >= 11 is 0. The first-order chi connectivity index (χ1) is 11.8. The third-order valence-corrected chi connectivity index (χ3v) is 3.27. The van der Waals surface area contributed by atoms with E-state index in [1.54, 1.807) is 31.2 Å². The molecule has 0 aromatic heterocycles. The maximum Gasteiger partial charge on any atom is 0.332 e. The Bertz CT molecular complexity index is 656. The van der Waals surface area contributed by atoms with Crippen LogP contribution in [-0.2, 0) is 19.1 Å². The highest BCUT2D eigenvalue weighted by Crippen LogP contribution is 2.11. The highest BCUT2D eigenvalue weighted by Gasteiger charge is 2.30. The lowest BCUT2D eigenvalue weighted by molar-refractivity contribution is -0.154. The first-order valence-electron chi connectivity index (χ1n) is 7.40. The van der Waals surface area contributed by atoms with Gasteiger partial charge in [-0.05, 0) is 31.5 Å². The normalized spacial score (nSPS) is 13.4. The topological polar surface area (TPSA) is 126 Å². The van der Waals surface area contributed by atoms with Crippen LogP contribution in [0.5, 0.6) is 0 Å². The van der Waals surface area contributed by atoms with Gasteiger partial charge in [0.05, 0.1) is 12.8 Å². The minimum absolute atomic E-state index is 0.428. The molecular weight excluding hydrogens is 330 g/mol. The summed E-state index contributed by atoms with van der Waals surface area (Å²) < 4.78 is 9.53. The van der Waals surface area contributed by atoms with E-state index in [1.165, 1.54) is 21.0 Å². The van der Waals surface area contributed by atoms with Gasteiger partial charge in [0, 0.05) is 12.6 Å². The van der Waals surface area contributed by atoms with Crippen molar-refractivity contribution in [3.8, 4) is 0 Å². The third-order valence-electron chi connectivity index (χ3n) is 3.27. The SMILES string of the molecule is COC(=O)C(NC(=O)Nc1ccc(/C(C)=N/O)cc1)C(C)OC(C)=O. The van der Waals surface area contributed by atoms with Crippen molar-refractivity contribution in [3.63, 3.8) is 0 Å². The molecule has 0 saturated heterocycles. The van der Waals surface area contributed by atoms with Gasteiger partial charge in [0.25, 0.3) is 0 Å². The molecule has 1 rings (SSSR count). The van der Waals surface area contributed by atoms with Crippen LogP contribution in [0.15, 0.2) is 29.4 Å². The number of esters is 2. The number of urea groups is 1. The molecule has 0 aliphatic rings. The molecule has 2 amide bonds. The summed E-state index contributed by atoms with van der Waals surface area (Å²) in [5.41, 5.74) is 1.57. The van der Waals surface area contributed by atoms with E-state index in [0.29, 0.717) is 17.0 Å². The maximum absolute atomic E-state index is 12.1. The Kier molecular flexibility index (Phi) is 7.39. The minimum Gasteiger partial charge on any atom is -0.467 e. The molecule has 0 aliphatic carbocycles. The molecule has 0 spiro atoms. The van der Waals surface area contributed by atoms with Crippen molar-refractivity contribution in [2.24, 2.45) is 5.16 Å². The highest BCUT2D eigenvalue weighted by molar-refractivity contribution is 5.99. The number of amides is 2. The van der Waals surface area contributed by atoms with Crippen LogP contribution in [0.1, 0.15) is 26.3 Å². The van der Waals surface area contributed by atoms with Crippen molar-refractivity contribution in [2.45, 2.75) is 32.9 Å². The lowest BCUT2D eigenvalue weighted by atomic mass is 10.1. The van der Waals surface area contributed by atoms with Gasteiger partial charge in [0.15, 0.2) is 6.04 Å². The predicted octanol–water partition coefficient (Wildman–Crippen LogP) is 1.50. The van der Waals surface area contributed by atoms with Gasteiger partial charge in [-0.2, -0.15) is 0 Å². The molecule has 1 aromatic rings. The largest absolute Gasteiger partial charge is 0.467 e. The lowest BCUT2D eigenvalue weighted by Gasteiger charge is -2.22. The van der Waals surface area contributed by atoms with Crippen LogP contribution in [0.4, 0.5) is 10.5 Å². The fourth-order valence-corrected chi connectivity index (χ4v) is 1.99. The molecule has 2 unspecified atom stereocenters. The van der Waals surface area contributed by atoms with Crippen molar-refractivity contribution in [1.29, 1.82) is 0 Å². The number of oxime groups is 1. The second-order valence-corrected chi connectivity index (χ2v) is 5.18. The second kappa shape index (κ2) is 9.26. The Morgan fingerprint density at radius 2 is 1.76 bits per heavy atom. The Balaban J connectivity index is 2.77. The van der Waals surface area contributed by atoms with Gasteiger partial charge in [0.2, 0.25) is 0 Å². The first kappa shape index (κ1) is 19.9. The minimum atomic E-state index is -1.16. The van der Waals surface area contributed by atoms with Crippen LogP contribution < -0.4 is 10.6 Å². The number of hydrogen-bond donors (Lipinski definition) is 3. The smallest absolute Gasteiger partial charge is 0.332 e. The van der Waals surface area contributed by atoms with Crippen LogP contribution in [0.25, 0.3) is 0 Å². The summed E-state index contributed by atoms with van der Waals surface area (Å²) in [4.78, 5) is 34.9. The Morgan fingerprint density at radius 1 is 1.16 bits per heavy atom. The van der Waals surface area contributed by atoms with Crippen LogP contribution in [0, 0.1) is 0 Å². The fourth-order valence-electron chi connectivity index (χ4n) is 1.99. The van der Waals surface area contributed by atoms with Crippen LogP contribution >= 0.6 is 0 Å². The van der Waals surface area contributed by atoms with Gasteiger partial charge in [-0.15, -0.1) is 0 Å². The molecule has 136 valence electrons. The van der Waals surface area contributed by atoms with Crippen molar-refractivity contribution in [3.05, 3.63) is 29.8 Å². The number of anilines is 1. The second-order valence-electron chi connectivity index (χ2n) is 5.18. The molecule has 9 heteroatoms. The van der Waals surface area contributed by atoms with E-state index in [9.17, 15) is 14.4 Å². The zero-order valence-electron chi connectivity index (χ0n) is 14.4. The highest BCUT2D eigenvalue weighted by atomic mass is 16.6. The first-order valence-corrected chi connectivity index (χ1v) is 7.40. The standard InChI is InChI=1S/C16H21N3O6/c1-9(19-23)12-5-7-13(8-6-12)17-16(22)18-14(15(21)24-4)10(2)25-11(3)20/h5-8,10,14,23H,1-4H3,(H2,17,18,22)/b19-9+. The Hall–Kier alpha value is -3.10. The van der Waals surface area contributed by atoms with Gasteiger partial charge in [-0.25, -0.2) is 9.59 Å². The number of rotatable bonds is 6. The summed E-state index contributed by atoms with van der Waals surface area (Å²) in [6, 6.07) is 4.69. The molecule has 0 fully saturated rings. The zero-order valence-corrected chi connectivity index (χ0v) is 14.4. The quantitative estimate of drug-likeness (QED) is 0.308. The summed E-state index contributed by atoms with van der Waals surface area (Å²) in [5.74, 6) is -1.32. The van der Waals surface area contributed by atoms with E-state index in [1.807, 2.05) is 0 Å². The maximum atomic E-state index is 12.1. The van der Waals surface area contributed by atoms with Crippen molar-refractivity contribution in [1.82, 2.24) is 5.32 Å². The van der Waals surface area contributed by atoms with Gasteiger partial charge in [-0.3, -0.25) is 4.79 Å². The van der Waals surface area contributed by atoms with Gasteiger partial charge in [-0.1, -0.05) is 17.3 Å². The molecule has 0 heterocycles. The van der Waals surface area contributed by atoms with E-state index in [0.717, 1.165) is 0 Å². The van der Waals surface area contributed by atoms with Gasteiger partial charge in [0.1, 0.15) is 6.10 Å². The van der Waals surface area contributed by atoms with E-state index < -0.39 is 30.1 Å². The zero-order chi connectivity index (χ0) is 19.0. The average molecular weight is 351 g/mol. The summed E-state index contributed by atoms with van der Waals surface area (Å²) in [7, 11) is 1.17. The van der Waals surface area contributed by atoms with Crippen LogP contribution in [-0.4, -0.2) is 48.1 Å². The molecule has 2 atom stereocenters. The predicted molar refractivity (Wildman–Crippen MR) is 89.6 cm³/mol. The number of nitrogens with one attached hydrogen (secondary N) is 2. The molecule has 25 heavy (non-hydrogen) atoms. The van der Waals surface area contributed by atoms with Gasteiger partial charge >= 0.3 is 18.0 Å². The molecule has 0 aliphatic heterocycles. The molecule has 0 saturated carbocycles. The van der Waals surface area contributed by atoms with E-state index in [4.69, 9.17) is 9.94 Å². The van der Waals surface area contributed by atoms with E-state index >= 15 is 0 Å². The van der Waals surface area contributed by atoms with Crippen molar-refractivity contribution >= 4 is 29.4 Å². The van der Waals surface area contributed by atoms with Crippen LogP contribution in [0.2, 0.25) is 0 Å². The van der Waals surface area contributed by atoms with Crippen molar-refractivity contribution in [2.75, 3.05) is 12.4 Å². The molecule has 9 nitrogen and oxygen atoms in total. The van der Waals surface area contributed by atoms with Gasteiger partial charge < -0.3 is 25.3 Å². The summed E-state index contributed by atoms with van der Waals surface area (Å²) in [6.45, 7) is 4.30. The number of benzene rings is 1. The number of ether oxygens (including phenoxy) is 2. The lowest BCUT2D eigenvalue weighted by Crippen LogP contribution is -2.50. The fraction of sp³-hybridized carbons (Fsp3) is 0.375. The number of carbonyl (C=O) groups excluding carboxylic acids is 3. The number of hydrogen-bond acceptors (Lipinski definition) is 7. The van der Waals surface area contributed by atoms with E-state index in [-0.39, 0.29) is 0 Å². The van der Waals surface area contributed by atoms with E-state index in [2.05, 4.69) is 20.5 Å². The van der Waals surface area contributed by atoms with Crippen molar-refractivity contribution < 1.29 is 29.1 Å². The Morgan fingerprint density at radius 3 is 2.24 bits per heavy atom. The third kappa shape index (κ3) is 6.13. The molecular formula is C16H21N3O6. The molecule has 3 N–H and O–H groups in total. The molecule has 1 aromatic carbocycles.